The van der Waals surface area contributed by atoms with Crippen LogP contribution in [0.4, 0.5) is 0 Å². The molecule has 19 heavy (non-hydrogen) atoms. The Morgan fingerprint density at radius 1 is 1.21 bits per heavy atom. The van der Waals surface area contributed by atoms with Crippen molar-refractivity contribution >= 4 is 47.8 Å². The molecule has 0 saturated carbocycles. The van der Waals surface area contributed by atoms with Crippen LogP contribution in [0.15, 0.2) is 26.0 Å². The molecular weight excluding hydrogens is 400 g/mol. The van der Waals surface area contributed by atoms with Gasteiger partial charge in [0.25, 0.3) is 0 Å². The molecule has 0 bridgehead atoms. The van der Waals surface area contributed by atoms with E-state index in [0.717, 1.165) is 10.0 Å². The van der Waals surface area contributed by atoms with Crippen molar-refractivity contribution in [3.05, 3.63) is 26.6 Å². The summed E-state index contributed by atoms with van der Waals surface area (Å²) in [5.41, 5.74) is 0.934. The number of sulfonamides is 1. The number of aryl methyl sites for hydroxylation is 1. The lowest BCUT2D eigenvalue weighted by molar-refractivity contribution is -0.118. The third-order valence-electron chi connectivity index (χ3n) is 2.29. The zero-order valence-corrected chi connectivity index (χ0v) is 14.4. The number of carbonyl (C=O) groups is 1. The van der Waals surface area contributed by atoms with Crippen LogP contribution in [0.3, 0.4) is 0 Å². The summed E-state index contributed by atoms with van der Waals surface area (Å²) >= 11 is 6.54. The summed E-state index contributed by atoms with van der Waals surface area (Å²) in [4.78, 5) is 10.8. The summed E-state index contributed by atoms with van der Waals surface area (Å²) in [6.07, 6.45) is 0. The van der Waals surface area contributed by atoms with Crippen LogP contribution >= 0.6 is 31.9 Å². The average Bonchev–Trinajstić information content (AvgIpc) is 2.29. The number of halogens is 2. The first-order valence-corrected chi connectivity index (χ1v) is 8.50. The minimum absolute atomic E-state index is 0.139. The molecular formula is C11H14Br2N2O3S. The average molecular weight is 414 g/mol. The molecule has 1 rings (SSSR count). The minimum atomic E-state index is -3.61. The first-order chi connectivity index (χ1) is 8.74. The zero-order chi connectivity index (χ0) is 14.6. The first kappa shape index (κ1) is 16.6. The molecule has 0 aliphatic rings. The molecule has 0 atom stereocenters. The normalized spacial score (nSPS) is 11.4. The Kier molecular flexibility index (Phi) is 5.97. The Labute approximate surface area is 129 Å². The lowest BCUT2D eigenvalue weighted by atomic mass is 10.2. The highest BCUT2D eigenvalue weighted by Gasteiger charge is 2.18. The number of rotatable bonds is 5. The lowest BCUT2D eigenvalue weighted by Gasteiger charge is -2.10. The number of amides is 1. The molecule has 0 aromatic heterocycles. The van der Waals surface area contributed by atoms with Crippen molar-refractivity contribution in [2.75, 3.05) is 13.1 Å². The molecule has 0 aliphatic carbocycles. The van der Waals surface area contributed by atoms with Crippen LogP contribution in [-0.4, -0.2) is 27.4 Å². The van der Waals surface area contributed by atoms with Gasteiger partial charge in [0.15, 0.2) is 0 Å². The van der Waals surface area contributed by atoms with Gasteiger partial charge in [0, 0.05) is 29.0 Å². The molecule has 106 valence electrons. The SMILES string of the molecule is CC(=O)NCCNS(=O)(=O)c1cc(Br)c(C)cc1Br. The standard InChI is InChI=1S/C11H14Br2N2O3S/c1-7-5-10(13)11(6-9(7)12)19(17,18)15-4-3-14-8(2)16/h5-6,15H,3-4H2,1-2H3,(H,14,16). The summed E-state index contributed by atoms with van der Waals surface area (Å²) in [5.74, 6) is -0.196. The van der Waals surface area contributed by atoms with Crippen LogP contribution in [0, 0.1) is 6.92 Å². The van der Waals surface area contributed by atoms with Crippen LogP contribution in [0.1, 0.15) is 12.5 Å². The van der Waals surface area contributed by atoms with Gasteiger partial charge in [-0.3, -0.25) is 4.79 Å². The quantitative estimate of drug-likeness (QED) is 0.724. The molecule has 0 radical (unpaired) electrons. The Morgan fingerprint density at radius 3 is 2.42 bits per heavy atom. The fourth-order valence-corrected chi connectivity index (χ4v) is 4.04. The molecule has 2 N–H and O–H groups in total. The molecule has 1 aromatic rings. The maximum Gasteiger partial charge on any atom is 0.241 e. The Bertz CT molecular complexity index is 588. The van der Waals surface area contributed by atoms with Crippen molar-refractivity contribution < 1.29 is 13.2 Å². The summed E-state index contributed by atoms with van der Waals surface area (Å²) in [5, 5.41) is 2.52. The van der Waals surface area contributed by atoms with Gasteiger partial charge in [0.05, 0.1) is 4.90 Å². The van der Waals surface area contributed by atoms with Crippen molar-refractivity contribution in [3.63, 3.8) is 0 Å². The zero-order valence-electron chi connectivity index (χ0n) is 10.5. The second-order valence-electron chi connectivity index (χ2n) is 3.91. The van der Waals surface area contributed by atoms with Crippen molar-refractivity contribution in [1.29, 1.82) is 0 Å². The monoisotopic (exact) mass is 412 g/mol. The fourth-order valence-electron chi connectivity index (χ4n) is 1.34. The highest BCUT2D eigenvalue weighted by atomic mass is 79.9. The van der Waals surface area contributed by atoms with E-state index in [9.17, 15) is 13.2 Å². The second kappa shape index (κ2) is 6.83. The van der Waals surface area contributed by atoms with Gasteiger partial charge >= 0.3 is 0 Å². The summed E-state index contributed by atoms with van der Waals surface area (Å²) in [6, 6.07) is 3.27. The fraction of sp³-hybridized carbons (Fsp3) is 0.364. The lowest BCUT2D eigenvalue weighted by Crippen LogP contribution is -2.33. The number of hydrogen-bond acceptors (Lipinski definition) is 3. The molecule has 8 heteroatoms. The second-order valence-corrected chi connectivity index (χ2v) is 7.36. The van der Waals surface area contributed by atoms with Crippen molar-refractivity contribution in [3.8, 4) is 0 Å². The van der Waals surface area contributed by atoms with Gasteiger partial charge in [-0.1, -0.05) is 15.9 Å². The van der Waals surface area contributed by atoms with E-state index in [-0.39, 0.29) is 23.9 Å². The van der Waals surface area contributed by atoms with Gasteiger partial charge in [-0.15, -0.1) is 0 Å². The van der Waals surface area contributed by atoms with Crippen LogP contribution in [0.2, 0.25) is 0 Å². The van der Waals surface area contributed by atoms with Crippen molar-refractivity contribution in [2.24, 2.45) is 0 Å². The molecule has 0 spiro atoms. The van der Waals surface area contributed by atoms with Gasteiger partial charge in [-0.25, -0.2) is 13.1 Å². The highest BCUT2D eigenvalue weighted by molar-refractivity contribution is 9.11. The van der Waals surface area contributed by atoms with Crippen molar-refractivity contribution in [1.82, 2.24) is 10.0 Å². The highest BCUT2D eigenvalue weighted by Crippen LogP contribution is 2.28. The number of hydrogen-bond donors (Lipinski definition) is 2. The van der Waals surface area contributed by atoms with E-state index in [1.807, 2.05) is 6.92 Å². The van der Waals surface area contributed by atoms with Gasteiger partial charge in [-0.2, -0.15) is 0 Å². The predicted molar refractivity (Wildman–Crippen MR) is 80.5 cm³/mol. The number of nitrogens with one attached hydrogen (secondary N) is 2. The minimum Gasteiger partial charge on any atom is -0.355 e. The van der Waals surface area contributed by atoms with Gasteiger partial charge in [0.1, 0.15) is 0 Å². The van der Waals surface area contributed by atoms with E-state index in [4.69, 9.17) is 0 Å². The number of carbonyl (C=O) groups excluding carboxylic acids is 1. The Hall–Kier alpha value is -0.440. The van der Waals surface area contributed by atoms with E-state index in [1.165, 1.54) is 6.92 Å². The Balaban J connectivity index is 2.83. The van der Waals surface area contributed by atoms with Gasteiger partial charge in [-0.05, 0) is 40.5 Å². The maximum atomic E-state index is 12.1. The molecule has 5 nitrogen and oxygen atoms in total. The molecule has 0 aliphatic heterocycles. The van der Waals surface area contributed by atoms with E-state index >= 15 is 0 Å². The van der Waals surface area contributed by atoms with Crippen LogP contribution in [0.25, 0.3) is 0 Å². The molecule has 0 fully saturated rings. The van der Waals surface area contributed by atoms with Crippen molar-refractivity contribution in [2.45, 2.75) is 18.7 Å². The summed E-state index contributed by atoms with van der Waals surface area (Å²) in [7, 11) is -3.61. The van der Waals surface area contributed by atoms with Crippen LogP contribution in [0.5, 0.6) is 0 Å². The molecule has 1 aromatic carbocycles. The van der Waals surface area contributed by atoms with E-state index in [0.29, 0.717) is 4.47 Å². The first-order valence-electron chi connectivity index (χ1n) is 5.44. The molecule has 1 amide bonds. The molecule has 0 heterocycles. The van der Waals surface area contributed by atoms with E-state index in [2.05, 4.69) is 41.9 Å². The largest absolute Gasteiger partial charge is 0.355 e. The third-order valence-corrected chi connectivity index (χ3v) is 5.57. The van der Waals surface area contributed by atoms with Crippen LogP contribution < -0.4 is 10.0 Å². The number of benzene rings is 1. The van der Waals surface area contributed by atoms with Gasteiger partial charge < -0.3 is 5.32 Å². The maximum absolute atomic E-state index is 12.1. The van der Waals surface area contributed by atoms with Gasteiger partial charge in [0.2, 0.25) is 15.9 Å². The predicted octanol–water partition coefficient (Wildman–Crippen LogP) is 1.93. The van der Waals surface area contributed by atoms with E-state index in [1.54, 1.807) is 12.1 Å². The van der Waals surface area contributed by atoms with E-state index < -0.39 is 10.0 Å². The Morgan fingerprint density at radius 2 is 1.84 bits per heavy atom. The summed E-state index contributed by atoms with van der Waals surface area (Å²) < 4.78 is 27.8. The third kappa shape index (κ3) is 4.87. The molecule has 0 saturated heterocycles. The smallest absolute Gasteiger partial charge is 0.241 e. The molecule has 0 unspecified atom stereocenters. The summed E-state index contributed by atoms with van der Waals surface area (Å²) in [6.45, 7) is 3.64. The van der Waals surface area contributed by atoms with Crippen LogP contribution in [-0.2, 0) is 14.8 Å². The topological polar surface area (TPSA) is 75.3 Å².